The Morgan fingerprint density at radius 2 is 1.92 bits per heavy atom. The van der Waals surface area contributed by atoms with Crippen LogP contribution in [0.5, 0.6) is 0 Å². The second kappa shape index (κ2) is 5.25. The molecule has 1 atom stereocenters. The fourth-order valence-corrected chi connectivity index (χ4v) is 1.61. The van der Waals surface area contributed by atoms with Crippen LogP contribution in [0.15, 0.2) is 24.3 Å². The molecule has 0 heterocycles. The monoisotopic (exact) mass is 197 g/mol. The Balaban J connectivity index is 2.73. The van der Waals surface area contributed by atoms with Gasteiger partial charge in [0.25, 0.3) is 0 Å². The van der Waals surface area contributed by atoms with Crippen molar-refractivity contribution in [2.24, 2.45) is 0 Å². The van der Waals surface area contributed by atoms with Crippen molar-refractivity contribution in [3.8, 4) is 0 Å². The van der Waals surface area contributed by atoms with E-state index in [1.54, 1.807) is 0 Å². The van der Waals surface area contributed by atoms with Crippen LogP contribution >= 0.6 is 11.6 Å². The Morgan fingerprint density at radius 1 is 1.31 bits per heavy atom. The molecule has 0 radical (unpaired) electrons. The largest absolute Gasteiger partial charge is 0.319 e. The van der Waals surface area contributed by atoms with E-state index in [1.165, 1.54) is 5.56 Å². The molecule has 1 aromatic rings. The highest BCUT2D eigenvalue weighted by Gasteiger charge is 2.06. The van der Waals surface area contributed by atoms with Gasteiger partial charge in [0.2, 0.25) is 0 Å². The van der Waals surface area contributed by atoms with Crippen LogP contribution in [-0.2, 0) is 0 Å². The molecular weight excluding hydrogens is 182 g/mol. The number of hydrogen-bond acceptors (Lipinski definition) is 1. The summed E-state index contributed by atoms with van der Waals surface area (Å²) in [6.45, 7) is 3.23. The molecule has 1 N–H and O–H groups in total. The molecule has 0 spiro atoms. The van der Waals surface area contributed by atoms with Crippen LogP contribution in [0, 0.1) is 0 Å². The van der Waals surface area contributed by atoms with Gasteiger partial charge in [-0.3, -0.25) is 0 Å². The molecule has 1 unspecified atom stereocenters. The SMILES string of the molecule is CCC(CNC)c1ccc(Cl)cc1. The zero-order chi connectivity index (χ0) is 9.68. The van der Waals surface area contributed by atoms with Crippen LogP contribution in [0.3, 0.4) is 0 Å². The van der Waals surface area contributed by atoms with E-state index in [0.717, 1.165) is 18.0 Å². The minimum atomic E-state index is 0.599. The molecule has 13 heavy (non-hydrogen) atoms. The van der Waals surface area contributed by atoms with Gasteiger partial charge in [-0.05, 0) is 37.1 Å². The summed E-state index contributed by atoms with van der Waals surface area (Å²) in [5.74, 6) is 0.599. The highest BCUT2D eigenvalue weighted by atomic mass is 35.5. The number of rotatable bonds is 4. The predicted molar refractivity (Wildman–Crippen MR) is 58.4 cm³/mol. The summed E-state index contributed by atoms with van der Waals surface area (Å²) < 4.78 is 0. The molecule has 2 heteroatoms. The van der Waals surface area contributed by atoms with E-state index in [4.69, 9.17) is 11.6 Å². The molecule has 1 nitrogen and oxygen atoms in total. The fourth-order valence-electron chi connectivity index (χ4n) is 1.48. The molecule has 0 fully saturated rings. The van der Waals surface area contributed by atoms with Gasteiger partial charge in [-0.15, -0.1) is 0 Å². The van der Waals surface area contributed by atoms with Gasteiger partial charge < -0.3 is 5.32 Å². The zero-order valence-corrected chi connectivity index (χ0v) is 8.93. The summed E-state index contributed by atoms with van der Waals surface area (Å²) in [6, 6.07) is 8.12. The van der Waals surface area contributed by atoms with Gasteiger partial charge in [-0.2, -0.15) is 0 Å². The Labute approximate surface area is 85.1 Å². The number of benzene rings is 1. The smallest absolute Gasteiger partial charge is 0.0406 e. The third kappa shape index (κ3) is 3.02. The lowest BCUT2D eigenvalue weighted by Crippen LogP contribution is -2.16. The van der Waals surface area contributed by atoms with Crippen molar-refractivity contribution in [3.63, 3.8) is 0 Å². The lowest BCUT2D eigenvalue weighted by Gasteiger charge is -2.14. The predicted octanol–water partition coefficient (Wildman–Crippen LogP) is 3.05. The van der Waals surface area contributed by atoms with Crippen LogP contribution in [0.1, 0.15) is 24.8 Å². The van der Waals surface area contributed by atoms with Crippen molar-refractivity contribution in [1.29, 1.82) is 0 Å². The molecule has 0 aliphatic rings. The molecule has 0 aromatic heterocycles. The first-order chi connectivity index (χ1) is 6.27. The van der Waals surface area contributed by atoms with Crippen LogP contribution in [0.2, 0.25) is 5.02 Å². The summed E-state index contributed by atoms with van der Waals surface area (Å²) in [5, 5.41) is 4.01. The minimum absolute atomic E-state index is 0.599. The van der Waals surface area contributed by atoms with Crippen molar-refractivity contribution < 1.29 is 0 Å². The van der Waals surface area contributed by atoms with Crippen LogP contribution < -0.4 is 5.32 Å². The number of halogens is 1. The van der Waals surface area contributed by atoms with Crippen LogP contribution in [-0.4, -0.2) is 13.6 Å². The van der Waals surface area contributed by atoms with E-state index in [9.17, 15) is 0 Å². The van der Waals surface area contributed by atoms with E-state index in [0.29, 0.717) is 5.92 Å². The number of hydrogen-bond donors (Lipinski definition) is 1. The summed E-state index contributed by atoms with van der Waals surface area (Å²) in [4.78, 5) is 0. The molecule has 0 saturated heterocycles. The first kappa shape index (κ1) is 10.6. The maximum atomic E-state index is 5.82. The van der Waals surface area contributed by atoms with E-state index in [-0.39, 0.29) is 0 Å². The highest BCUT2D eigenvalue weighted by molar-refractivity contribution is 6.30. The van der Waals surface area contributed by atoms with E-state index < -0.39 is 0 Å². The standard InChI is InChI=1S/C11H16ClN/c1-3-9(8-13-2)10-4-6-11(12)7-5-10/h4-7,9,13H,3,8H2,1-2H3. The highest BCUT2D eigenvalue weighted by Crippen LogP contribution is 2.20. The van der Waals surface area contributed by atoms with Gasteiger partial charge in [0.15, 0.2) is 0 Å². The molecule has 1 rings (SSSR count). The summed E-state index contributed by atoms with van der Waals surface area (Å²) >= 11 is 5.82. The Morgan fingerprint density at radius 3 is 2.38 bits per heavy atom. The third-order valence-electron chi connectivity index (χ3n) is 2.28. The van der Waals surface area contributed by atoms with Crippen molar-refractivity contribution in [2.45, 2.75) is 19.3 Å². The zero-order valence-electron chi connectivity index (χ0n) is 8.18. The van der Waals surface area contributed by atoms with Gasteiger partial charge in [0, 0.05) is 11.6 Å². The molecular formula is C11H16ClN. The maximum absolute atomic E-state index is 5.82. The summed E-state index contributed by atoms with van der Waals surface area (Å²) in [6.07, 6.45) is 1.16. The van der Waals surface area contributed by atoms with Crippen molar-refractivity contribution in [2.75, 3.05) is 13.6 Å². The maximum Gasteiger partial charge on any atom is 0.0406 e. The van der Waals surface area contributed by atoms with Crippen molar-refractivity contribution >= 4 is 11.6 Å². The average Bonchev–Trinajstić information content (AvgIpc) is 2.16. The third-order valence-corrected chi connectivity index (χ3v) is 2.54. The van der Waals surface area contributed by atoms with Crippen LogP contribution in [0.25, 0.3) is 0 Å². The molecule has 0 bridgehead atoms. The Bertz CT molecular complexity index is 243. The Hall–Kier alpha value is -0.530. The summed E-state index contributed by atoms with van der Waals surface area (Å²) in [5.41, 5.74) is 1.36. The first-order valence-corrected chi connectivity index (χ1v) is 5.05. The first-order valence-electron chi connectivity index (χ1n) is 4.68. The lowest BCUT2D eigenvalue weighted by molar-refractivity contribution is 0.612. The molecule has 0 aliphatic carbocycles. The summed E-state index contributed by atoms with van der Waals surface area (Å²) in [7, 11) is 1.98. The average molecular weight is 198 g/mol. The van der Waals surface area contributed by atoms with E-state index in [2.05, 4.69) is 24.4 Å². The lowest BCUT2D eigenvalue weighted by atomic mass is 9.97. The van der Waals surface area contributed by atoms with Crippen molar-refractivity contribution in [1.82, 2.24) is 5.32 Å². The van der Waals surface area contributed by atoms with Gasteiger partial charge in [0.1, 0.15) is 0 Å². The molecule has 0 amide bonds. The fraction of sp³-hybridized carbons (Fsp3) is 0.455. The number of likely N-dealkylation sites (N-methyl/N-ethyl adjacent to an activating group) is 1. The molecule has 0 aliphatic heterocycles. The van der Waals surface area contributed by atoms with E-state index in [1.807, 2.05) is 19.2 Å². The van der Waals surface area contributed by atoms with E-state index >= 15 is 0 Å². The van der Waals surface area contributed by atoms with Crippen LogP contribution in [0.4, 0.5) is 0 Å². The second-order valence-electron chi connectivity index (χ2n) is 3.21. The minimum Gasteiger partial charge on any atom is -0.319 e. The van der Waals surface area contributed by atoms with Gasteiger partial charge >= 0.3 is 0 Å². The van der Waals surface area contributed by atoms with Gasteiger partial charge in [-0.1, -0.05) is 30.7 Å². The Kier molecular flexibility index (Phi) is 4.26. The number of nitrogens with one attached hydrogen (secondary N) is 1. The van der Waals surface area contributed by atoms with Crippen molar-refractivity contribution in [3.05, 3.63) is 34.9 Å². The van der Waals surface area contributed by atoms with Gasteiger partial charge in [-0.25, -0.2) is 0 Å². The molecule has 72 valence electrons. The quantitative estimate of drug-likeness (QED) is 0.783. The topological polar surface area (TPSA) is 12.0 Å². The molecule has 0 saturated carbocycles. The van der Waals surface area contributed by atoms with Gasteiger partial charge in [0.05, 0.1) is 0 Å². The molecule has 1 aromatic carbocycles. The second-order valence-corrected chi connectivity index (χ2v) is 3.65. The normalized spacial score (nSPS) is 12.8.